The zero-order valence-corrected chi connectivity index (χ0v) is 12.5. The van der Waals surface area contributed by atoms with E-state index in [-0.39, 0.29) is 12.0 Å². The molecule has 1 aliphatic rings. The second kappa shape index (κ2) is 5.83. The van der Waals surface area contributed by atoms with Crippen molar-refractivity contribution in [2.75, 3.05) is 19.7 Å². The molecule has 1 aliphatic heterocycles. The van der Waals surface area contributed by atoms with Crippen molar-refractivity contribution in [3.8, 4) is 0 Å². The molecule has 3 rings (SSSR count). The van der Waals surface area contributed by atoms with Crippen molar-refractivity contribution in [3.05, 3.63) is 52.2 Å². The standard InChI is InChI=1S/C15H16N2O3S/c1-10-4-5-12(20-10)13-9-17(7-8-19-13)15(18)11-3-2-6-16-14(11)21/h2-6,13H,7-9H2,1H3,(H,16,21)/t13-/m0/s1. The molecule has 0 aliphatic carbocycles. The van der Waals surface area contributed by atoms with E-state index in [2.05, 4.69) is 4.98 Å². The fourth-order valence-electron chi connectivity index (χ4n) is 2.39. The van der Waals surface area contributed by atoms with E-state index >= 15 is 0 Å². The lowest BCUT2D eigenvalue weighted by Gasteiger charge is -2.32. The molecule has 1 amide bonds. The summed E-state index contributed by atoms with van der Waals surface area (Å²) in [7, 11) is 0. The summed E-state index contributed by atoms with van der Waals surface area (Å²) in [5.41, 5.74) is 0.517. The van der Waals surface area contributed by atoms with Gasteiger partial charge >= 0.3 is 0 Å². The van der Waals surface area contributed by atoms with Gasteiger partial charge in [-0.25, -0.2) is 0 Å². The molecule has 1 atom stereocenters. The smallest absolute Gasteiger partial charge is 0.257 e. The third kappa shape index (κ3) is 2.91. The molecule has 0 unspecified atom stereocenters. The second-order valence-electron chi connectivity index (χ2n) is 4.97. The molecule has 6 heteroatoms. The average Bonchev–Trinajstić information content (AvgIpc) is 2.94. The number of H-pyrrole nitrogens is 1. The molecule has 0 aromatic carbocycles. The highest BCUT2D eigenvalue weighted by molar-refractivity contribution is 7.71. The van der Waals surface area contributed by atoms with E-state index in [0.717, 1.165) is 11.5 Å². The summed E-state index contributed by atoms with van der Waals surface area (Å²) in [6.07, 6.45) is 1.49. The number of amides is 1. The summed E-state index contributed by atoms with van der Waals surface area (Å²) >= 11 is 5.17. The lowest BCUT2D eigenvalue weighted by molar-refractivity contribution is -0.0324. The molecular formula is C15H16N2O3S. The van der Waals surface area contributed by atoms with Crippen LogP contribution in [0.15, 0.2) is 34.9 Å². The maximum Gasteiger partial charge on any atom is 0.257 e. The third-order valence-electron chi connectivity index (χ3n) is 3.48. The first-order valence-corrected chi connectivity index (χ1v) is 7.21. The summed E-state index contributed by atoms with van der Waals surface area (Å²) in [5.74, 6) is 1.51. The molecule has 0 saturated carbocycles. The number of aromatic amines is 1. The molecule has 5 nitrogen and oxygen atoms in total. The number of ether oxygens (including phenoxy) is 1. The number of nitrogens with zero attached hydrogens (tertiary/aromatic N) is 1. The Hall–Kier alpha value is -1.92. The van der Waals surface area contributed by atoms with Gasteiger partial charge in [-0.2, -0.15) is 0 Å². The Labute approximate surface area is 127 Å². The van der Waals surface area contributed by atoms with Gasteiger partial charge in [0.25, 0.3) is 5.91 Å². The van der Waals surface area contributed by atoms with Gasteiger partial charge in [0, 0.05) is 12.7 Å². The molecule has 2 aromatic heterocycles. The molecule has 1 fully saturated rings. The van der Waals surface area contributed by atoms with E-state index in [0.29, 0.717) is 29.9 Å². The number of carbonyl (C=O) groups is 1. The third-order valence-corrected chi connectivity index (χ3v) is 3.82. The normalized spacial score (nSPS) is 18.7. The van der Waals surface area contributed by atoms with E-state index in [1.165, 1.54) is 0 Å². The summed E-state index contributed by atoms with van der Waals surface area (Å²) in [6.45, 7) is 3.39. The maximum absolute atomic E-state index is 12.6. The van der Waals surface area contributed by atoms with Crippen molar-refractivity contribution in [2.45, 2.75) is 13.0 Å². The highest BCUT2D eigenvalue weighted by Crippen LogP contribution is 2.24. The molecule has 0 bridgehead atoms. The quantitative estimate of drug-likeness (QED) is 0.867. The molecule has 110 valence electrons. The lowest BCUT2D eigenvalue weighted by Crippen LogP contribution is -2.42. The van der Waals surface area contributed by atoms with Crippen LogP contribution in [-0.2, 0) is 4.74 Å². The Morgan fingerprint density at radius 2 is 2.29 bits per heavy atom. The zero-order valence-electron chi connectivity index (χ0n) is 11.7. The van der Waals surface area contributed by atoms with E-state index in [4.69, 9.17) is 21.4 Å². The predicted molar refractivity (Wildman–Crippen MR) is 79.7 cm³/mol. The van der Waals surface area contributed by atoms with Crippen LogP contribution in [0.5, 0.6) is 0 Å². The molecular weight excluding hydrogens is 288 g/mol. The Morgan fingerprint density at radius 1 is 1.43 bits per heavy atom. The first-order valence-electron chi connectivity index (χ1n) is 6.80. The van der Waals surface area contributed by atoms with Crippen LogP contribution in [0.4, 0.5) is 0 Å². The molecule has 0 spiro atoms. The monoisotopic (exact) mass is 304 g/mol. The number of hydrogen-bond acceptors (Lipinski definition) is 4. The minimum Gasteiger partial charge on any atom is -0.464 e. The first-order chi connectivity index (χ1) is 10.1. The van der Waals surface area contributed by atoms with E-state index < -0.39 is 0 Å². The number of aromatic nitrogens is 1. The Balaban J connectivity index is 1.79. The Morgan fingerprint density at radius 3 is 3.00 bits per heavy atom. The minimum atomic E-state index is -0.224. The lowest BCUT2D eigenvalue weighted by atomic mass is 10.2. The highest BCUT2D eigenvalue weighted by atomic mass is 32.1. The first kappa shape index (κ1) is 14.0. The Bertz CT molecular complexity index is 707. The summed E-state index contributed by atoms with van der Waals surface area (Å²) in [5, 5.41) is 0. The number of hydrogen-bond donors (Lipinski definition) is 1. The number of nitrogens with one attached hydrogen (secondary N) is 1. The molecule has 1 saturated heterocycles. The number of morpholine rings is 1. The van der Waals surface area contributed by atoms with Crippen LogP contribution in [0.3, 0.4) is 0 Å². The van der Waals surface area contributed by atoms with Crippen LogP contribution in [0.1, 0.15) is 28.0 Å². The SMILES string of the molecule is Cc1ccc([C@@H]2CN(C(=O)c3ccc[nH]c3=S)CCO2)o1. The van der Waals surface area contributed by atoms with Gasteiger partial charge in [-0.15, -0.1) is 0 Å². The zero-order chi connectivity index (χ0) is 14.8. The molecule has 1 N–H and O–H groups in total. The molecule has 2 aromatic rings. The number of furan rings is 1. The van der Waals surface area contributed by atoms with Crippen LogP contribution < -0.4 is 0 Å². The average molecular weight is 304 g/mol. The van der Waals surface area contributed by atoms with Crippen LogP contribution in [0.25, 0.3) is 0 Å². The van der Waals surface area contributed by atoms with Crippen molar-refractivity contribution >= 4 is 18.1 Å². The summed E-state index contributed by atoms with van der Waals surface area (Å²) < 4.78 is 11.8. The fraction of sp³-hybridized carbons (Fsp3) is 0.333. The minimum absolute atomic E-state index is 0.0755. The van der Waals surface area contributed by atoms with Crippen molar-refractivity contribution in [1.82, 2.24) is 9.88 Å². The van der Waals surface area contributed by atoms with Gasteiger partial charge in [0.2, 0.25) is 0 Å². The molecule has 0 radical (unpaired) electrons. The van der Waals surface area contributed by atoms with Gasteiger partial charge in [-0.1, -0.05) is 12.2 Å². The van der Waals surface area contributed by atoms with Gasteiger partial charge in [0.05, 0.1) is 18.7 Å². The van der Waals surface area contributed by atoms with Crippen LogP contribution in [0.2, 0.25) is 0 Å². The van der Waals surface area contributed by atoms with Crippen LogP contribution >= 0.6 is 12.2 Å². The molecule has 21 heavy (non-hydrogen) atoms. The Kier molecular flexibility index (Phi) is 3.90. The van der Waals surface area contributed by atoms with Crippen molar-refractivity contribution < 1.29 is 13.9 Å². The summed E-state index contributed by atoms with van der Waals surface area (Å²) in [4.78, 5) is 17.2. The van der Waals surface area contributed by atoms with Crippen molar-refractivity contribution in [3.63, 3.8) is 0 Å². The van der Waals surface area contributed by atoms with E-state index in [9.17, 15) is 4.79 Å². The largest absolute Gasteiger partial charge is 0.464 e. The second-order valence-corrected chi connectivity index (χ2v) is 5.38. The van der Waals surface area contributed by atoms with Gasteiger partial charge in [-0.05, 0) is 31.2 Å². The number of aryl methyl sites for hydroxylation is 1. The number of carbonyl (C=O) groups excluding carboxylic acids is 1. The number of pyridine rings is 1. The van der Waals surface area contributed by atoms with Gasteiger partial charge in [0.15, 0.2) is 0 Å². The van der Waals surface area contributed by atoms with E-state index in [1.807, 2.05) is 19.1 Å². The van der Waals surface area contributed by atoms with Crippen LogP contribution in [0, 0.1) is 11.6 Å². The van der Waals surface area contributed by atoms with Gasteiger partial charge in [-0.3, -0.25) is 4.79 Å². The highest BCUT2D eigenvalue weighted by Gasteiger charge is 2.28. The van der Waals surface area contributed by atoms with E-state index in [1.54, 1.807) is 23.2 Å². The topological polar surface area (TPSA) is 58.5 Å². The van der Waals surface area contributed by atoms with Gasteiger partial charge in [0.1, 0.15) is 22.3 Å². The summed E-state index contributed by atoms with van der Waals surface area (Å²) in [6, 6.07) is 7.30. The van der Waals surface area contributed by atoms with Crippen molar-refractivity contribution in [1.29, 1.82) is 0 Å². The van der Waals surface area contributed by atoms with Gasteiger partial charge < -0.3 is 19.0 Å². The maximum atomic E-state index is 12.6. The fourth-order valence-corrected chi connectivity index (χ4v) is 2.62. The van der Waals surface area contributed by atoms with Crippen molar-refractivity contribution in [2.24, 2.45) is 0 Å². The van der Waals surface area contributed by atoms with Crippen LogP contribution in [-0.4, -0.2) is 35.5 Å². The predicted octanol–water partition coefficient (Wildman–Crippen LogP) is 2.86. The molecule has 3 heterocycles. The number of rotatable bonds is 2.